The van der Waals surface area contributed by atoms with E-state index in [4.69, 9.17) is 0 Å². The van der Waals surface area contributed by atoms with Crippen LogP contribution < -0.4 is 5.32 Å². The number of nitrogens with zero attached hydrogens (tertiary/aromatic N) is 1. The minimum Gasteiger partial charge on any atom is -0.352 e. The van der Waals surface area contributed by atoms with Crippen molar-refractivity contribution in [1.29, 1.82) is 0 Å². The molecule has 156 valence electrons. The van der Waals surface area contributed by atoms with Gasteiger partial charge in [0.1, 0.15) is 0 Å². The first-order valence-electron chi connectivity index (χ1n) is 10.3. The minimum absolute atomic E-state index is 0.0579. The van der Waals surface area contributed by atoms with Crippen LogP contribution in [0.1, 0.15) is 36.0 Å². The molecule has 29 heavy (non-hydrogen) atoms. The zero-order valence-electron chi connectivity index (χ0n) is 17.0. The molecule has 0 saturated carbocycles. The van der Waals surface area contributed by atoms with Crippen molar-refractivity contribution in [3.8, 4) is 0 Å². The number of carbonyl (C=O) groups excluding carboxylic acids is 1. The van der Waals surface area contributed by atoms with Crippen molar-refractivity contribution in [2.75, 3.05) is 18.8 Å². The summed E-state index contributed by atoms with van der Waals surface area (Å²) in [6.07, 6.45) is 2.79. The lowest BCUT2D eigenvalue weighted by atomic mass is 9.98. The fourth-order valence-electron chi connectivity index (χ4n) is 3.78. The smallest absolute Gasteiger partial charge is 0.224 e. The molecule has 6 heteroatoms. The summed E-state index contributed by atoms with van der Waals surface area (Å²) >= 11 is 0. The van der Waals surface area contributed by atoms with E-state index in [-0.39, 0.29) is 24.1 Å². The maximum absolute atomic E-state index is 12.8. The van der Waals surface area contributed by atoms with Crippen LogP contribution in [0.3, 0.4) is 0 Å². The molecule has 1 heterocycles. The lowest BCUT2D eigenvalue weighted by molar-refractivity contribution is -0.126. The van der Waals surface area contributed by atoms with Gasteiger partial charge in [-0.2, -0.15) is 0 Å². The third-order valence-corrected chi connectivity index (χ3v) is 7.50. The summed E-state index contributed by atoms with van der Waals surface area (Å²) in [5, 5.41) is 2.99. The highest BCUT2D eigenvalue weighted by Gasteiger charge is 2.31. The molecule has 0 radical (unpaired) electrons. The van der Waals surface area contributed by atoms with Gasteiger partial charge in [0.05, 0.1) is 11.7 Å². The first-order chi connectivity index (χ1) is 14.0. The third-order valence-electron chi connectivity index (χ3n) is 5.57. The van der Waals surface area contributed by atoms with Gasteiger partial charge in [0.15, 0.2) is 0 Å². The molecule has 3 rings (SSSR count). The van der Waals surface area contributed by atoms with Crippen LogP contribution >= 0.6 is 0 Å². The molecule has 2 aromatic carbocycles. The second-order valence-corrected chi connectivity index (χ2v) is 9.84. The zero-order chi connectivity index (χ0) is 20.7. The molecule has 1 aliphatic heterocycles. The molecule has 0 aliphatic carbocycles. The van der Waals surface area contributed by atoms with Gasteiger partial charge in [-0.15, -0.1) is 0 Å². The molecule has 1 saturated heterocycles. The quantitative estimate of drug-likeness (QED) is 0.721. The van der Waals surface area contributed by atoms with Gasteiger partial charge in [0.25, 0.3) is 0 Å². The highest BCUT2D eigenvalue weighted by molar-refractivity contribution is 7.89. The molecular formula is C23H30N2O3S. The SMILES string of the molecule is Cc1ccccc1CNC(=O)[C@H]1CCCN(S(=O)(=O)CCCc2ccccc2)C1. The predicted molar refractivity (Wildman–Crippen MR) is 116 cm³/mol. The van der Waals surface area contributed by atoms with Gasteiger partial charge in [0.2, 0.25) is 15.9 Å². The number of benzene rings is 2. The van der Waals surface area contributed by atoms with Crippen LogP contribution in [0.5, 0.6) is 0 Å². The first-order valence-corrected chi connectivity index (χ1v) is 11.9. The molecule has 1 amide bonds. The van der Waals surface area contributed by atoms with Crippen molar-refractivity contribution in [2.24, 2.45) is 5.92 Å². The summed E-state index contributed by atoms with van der Waals surface area (Å²) in [5.41, 5.74) is 3.37. The average molecular weight is 415 g/mol. The van der Waals surface area contributed by atoms with E-state index in [1.54, 1.807) is 0 Å². The Hall–Kier alpha value is -2.18. The van der Waals surface area contributed by atoms with Crippen LogP contribution in [0, 0.1) is 12.8 Å². The Balaban J connectivity index is 1.50. The molecule has 1 fully saturated rings. The molecule has 1 aliphatic rings. The number of aryl methyl sites for hydroxylation is 2. The monoisotopic (exact) mass is 414 g/mol. The Morgan fingerprint density at radius 1 is 1.10 bits per heavy atom. The van der Waals surface area contributed by atoms with Crippen molar-refractivity contribution in [2.45, 2.75) is 39.2 Å². The van der Waals surface area contributed by atoms with Crippen LogP contribution in [0.2, 0.25) is 0 Å². The summed E-state index contributed by atoms with van der Waals surface area (Å²) < 4.78 is 27.0. The van der Waals surface area contributed by atoms with Gasteiger partial charge in [-0.05, 0) is 49.3 Å². The molecular weight excluding hydrogens is 384 g/mol. The van der Waals surface area contributed by atoms with E-state index in [0.29, 0.717) is 19.5 Å². The van der Waals surface area contributed by atoms with E-state index in [2.05, 4.69) is 5.32 Å². The number of hydrogen-bond acceptors (Lipinski definition) is 3. The van der Waals surface area contributed by atoms with Gasteiger partial charge in [-0.25, -0.2) is 12.7 Å². The van der Waals surface area contributed by atoms with Crippen LogP contribution in [-0.4, -0.2) is 37.5 Å². The summed E-state index contributed by atoms with van der Waals surface area (Å²) in [6, 6.07) is 17.9. The fraction of sp³-hybridized carbons (Fsp3) is 0.435. The van der Waals surface area contributed by atoms with E-state index >= 15 is 0 Å². The molecule has 0 bridgehead atoms. The van der Waals surface area contributed by atoms with Crippen molar-refractivity contribution in [1.82, 2.24) is 9.62 Å². The second-order valence-electron chi connectivity index (χ2n) is 7.75. The minimum atomic E-state index is -3.34. The highest BCUT2D eigenvalue weighted by Crippen LogP contribution is 2.21. The number of carbonyl (C=O) groups is 1. The Morgan fingerprint density at radius 2 is 1.83 bits per heavy atom. The van der Waals surface area contributed by atoms with E-state index < -0.39 is 10.0 Å². The molecule has 1 atom stereocenters. The van der Waals surface area contributed by atoms with E-state index in [1.807, 2.05) is 61.5 Å². The number of piperidine rings is 1. The van der Waals surface area contributed by atoms with Crippen molar-refractivity contribution < 1.29 is 13.2 Å². The second kappa shape index (κ2) is 10.0. The lowest BCUT2D eigenvalue weighted by Gasteiger charge is -2.31. The fourth-order valence-corrected chi connectivity index (χ4v) is 5.36. The molecule has 0 unspecified atom stereocenters. The summed E-state index contributed by atoms with van der Waals surface area (Å²) in [6.45, 7) is 3.29. The van der Waals surface area contributed by atoms with E-state index in [0.717, 1.165) is 36.0 Å². The van der Waals surface area contributed by atoms with E-state index in [9.17, 15) is 13.2 Å². The Kier molecular flexibility index (Phi) is 7.45. The van der Waals surface area contributed by atoms with Gasteiger partial charge in [0, 0.05) is 19.6 Å². The Labute approximate surface area is 174 Å². The summed E-state index contributed by atoms with van der Waals surface area (Å²) in [5.74, 6) is -0.214. The maximum Gasteiger partial charge on any atom is 0.224 e. The molecule has 2 aromatic rings. The first kappa shape index (κ1) is 21.5. The molecule has 0 spiro atoms. The third kappa shape index (κ3) is 6.15. The Morgan fingerprint density at radius 3 is 2.59 bits per heavy atom. The van der Waals surface area contributed by atoms with Crippen molar-refractivity contribution in [3.05, 3.63) is 71.3 Å². The number of hydrogen-bond donors (Lipinski definition) is 1. The highest BCUT2D eigenvalue weighted by atomic mass is 32.2. The number of nitrogens with one attached hydrogen (secondary N) is 1. The Bertz CT molecular complexity index is 913. The topological polar surface area (TPSA) is 66.5 Å². The molecule has 0 aromatic heterocycles. The summed E-state index contributed by atoms with van der Waals surface area (Å²) in [4.78, 5) is 12.6. The molecule has 5 nitrogen and oxygen atoms in total. The van der Waals surface area contributed by atoms with Crippen LogP contribution in [0.4, 0.5) is 0 Å². The summed E-state index contributed by atoms with van der Waals surface area (Å²) in [7, 11) is -3.34. The molecule has 1 N–H and O–H groups in total. The predicted octanol–water partition coefficient (Wildman–Crippen LogP) is 3.29. The van der Waals surface area contributed by atoms with Gasteiger partial charge < -0.3 is 5.32 Å². The van der Waals surface area contributed by atoms with Crippen LogP contribution in [0.15, 0.2) is 54.6 Å². The van der Waals surface area contributed by atoms with Crippen LogP contribution in [0.25, 0.3) is 0 Å². The van der Waals surface area contributed by atoms with Crippen molar-refractivity contribution >= 4 is 15.9 Å². The maximum atomic E-state index is 12.8. The van der Waals surface area contributed by atoms with Crippen molar-refractivity contribution in [3.63, 3.8) is 0 Å². The van der Waals surface area contributed by atoms with Gasteiger partial charge in [-0.1, -0.05) is 54.6 Å². The number of rotatable bonds is 8. The average Bonchev–Trinajstić information content (AvgIpc) is 2.74. The zero-order valence-corrected chi connectivity index (χ0v) is 17.8. The normalized spacial score (nSPS) is 17.8. The van der Waals surface area contributed by atoms with E-state index in [1.165, 1.54) is 4.31 Å². The van der Waals surface area contributed by atoms with Crippen LogP contribution in [-0.2, 0) is 27.8 Å². The van der Waals surface area contributed by atoms with Gasteiger partial charge >= 0.3 is 0 Å². The standard InChI is InChI=1S/C23H30N2O3S/c1-19-9-5-6-13-21(19)17-24-23(26)22-14-7-15-25(18-22)29(27,28)16-8-12-20-10-3-2-4-11-20/h2-6,9-11,13,22H,7-8,12,14-18H2,1H3,(H,24,26)/t22-/m0/s1. The largest absolute Gasteiger partial charge is 0.352 e. The lowest BCUT2D eigenvalue weighted by Crippen LogP contribution is -2.46. The number of amides is 1. The number of sulfonamides is 1. The van der Waals surface area contributed by atoms with Gasteiger partial charge in [-0.3, -0.25) is 4.79 Å².